The summed E-state index contributed by atoms with van der Waals surface area (Å²) >= 11 is 0. The van der Waals surface area contributed by atoms with Crippen LogP contribution >= 0.6 is 0 Å². The van der Waals surface area contributed by atoms with Crippen LogP contribution in [0.15, 0.2) is 29.7 Å². The predicted molar refractivity (Wildman–Crippen MR) is 115 cm³/mol. The van der Waals surface area contributed by atoms with Crippen LogP contribution in [0.3, 0.4) is 0 Å². The largest absolute Gasteiger partial charge is 0.497 e. The highest BCUT2D eigenvalue weighted by Gasteiger charge is 2.29. The van der Waals surface area contributed by atoms with E-state index < -0.39 is 0 Å². The summed E-state index contributed by atoms with van der Waals surface area (Å²) in [6, 6.07) is 5.53. The Morgan fingerprint density at radius 1 is 1.19 bits per heavy atom. The third-order valence-electron chi connectivity index (χ3n) is 5.72. The van der Waals surface area contributed by atoms with Crippen molar-refractivity contribution in [3.63, 3.8) is 0 Å². The number of carbonyl (C=O) groups excluding carboxylic acids is 2. The maximum Gasteiger partial charge on any atom is 0.292 e. The van der Waals surface area contributed by atoms with Gasteiger partial charge in [0, 0.05) is 37.7 Å². The lowest BCUT2D eigenvalue weighted by Crippen LogP contribution is -2.42. The lowest BCUT2D eigenvalue weighted by molar-refractivity contribution is -0.134. The van der Waals surface area contributed by atoms with E-state index in [1.54, 1.807) is 27.2 Å². The van der Waals surface area contributed by atoms with Gasteiger partial charge in [-0.2, -0.15) is 0 Å². The lowest BCUT2D eigenvalue weighted by atomic mass is 9.93. The molecule has 8 nitrogen and oxygen atoms in total. The van der Waals surface area contributed by atoms with Crippen LogP contribution in [-0.2, 0) is 25.6 Å². The van der Waals surface area contributed by atoms with E-state index in [0.717, 1.165) is 24.8 Å². The number of nitrogens with one attached hydrogen (secondary N) is 1. The van der Waals surface area contributed by atoms with E-state index >= 15 is 0 Å². The van der Waals surface area contributed by atoms with E-state index in [2.05, 4.69) is 5.32 Å². The molecule has 0 aliphatic carbocycles. The molecule has 2 heterocycles. The van der Waals surface area contributed by atoms with Gasteiger partial charge in [0.25, 0.3) is 5.91 Å². The first-order valence-electron chi connectivity index (χ1n) is 10.7. The van der Waals surface area contributed by atoms with Crippen LogP contribution < -0.4 is 14.8 Å². The van der Waals surface area contributed by atoms with Crippen molar-refractivity contribution < 1.29 is 28.5 Å². The van der Waals surface area contributed by atoms with Gasteiger partial charge >= 0.3 is 0 Å². The third kappa shape index (κ3) is 6.06. The van der Waals surface area contributed by atoms with Crippen LogP contribution in [-0.4, -0.2) is 57.2 Å². The quantitative estimate of drug-likeness (QED) is 0.680. The molecule has 0 radical (unpaired) electrons. The van der Waals surface area contributed by atoms with Gasteiger partial charge in [-0.15, -0.1) is 0 Å². The van der Waals surface area contributed by atoms with Crippen molar-refractivity contribution in [3.8, 4) is 11.5 Å². The molecule has 1 aromatic carbocycles. The predicted octanol–water partition coefficient (Wildman–Crippen LogP) is 2.62. The number of nitrogens with zero attached hydrogens (tertiary/aromatic N) is 1. The molecule has 0 saturated carbocycles. The smallest absolute Gasteiger partial charge is 0.292 e. The van der Waals surface area contributed by atoms with Crippen molar-refractivity contribution >= 4 is 11.8 Å². The first kappa shape index (κ1) is 22.8. The van der Waals surface area contributed by atoms with Crippen LogP contribution in [0.2, 0.25) is 0 Å². The number of piperidine rings is 1. The molecule has 1 aromatic rings. The zero-order chi connectivity index (χ0) is 22.2. The molecule has 3 rings (SSSR count). The minimum atomic E-state index is -0.113. The second-order valence-corrected chi connectivity index (χ2v) is 7.83. The minimum absolute atomic E-state index is 0.0103. The van der Waals surface area contributed by atoms with E-state index in [4.69, 9.17) is 18.9 Å². The van der Waals surface area contributed by atoms with Crippen LogP contribution in [0.1, 0.15) is 38.2 Å². The second kappa shape index (κ2) is 10.9. The van der Waals surface area contributed by atoms with Gasteiger partial charge in [0.2, 0.25) is 11.7 Å². The van der Waals surface area contributed by atoms with Gasteiger partial charge in [-0.25, -0.2) is 0 Å². The van der Waals surface area contributed by atoms with Crippen LogP contribution in [0.4, 0.5) is 0 Å². The molecule has 2 aliphatic heterocycles. The molecule has 0 bridgehead atoms. The highest BCUT2D eigenvalue weighted by atomic mass is 16.6. The normalized spacial score (nSPS) is 18.7. The topological polar surface area (TPSA) is 86.3 Å². The Hall–Kier alpha value is -2.90. The maximum absolute atomic E-state index is 12.8. The summed E-state index contributed by atoms with van der Waals surface area (Å²) in [6.45, 7) is 4.37. The highest BCUT2D eigenvalue weighted by Crippen LogP contribution is 2.26. The summed E-state index contributed by atoms with van der Waals surface area (Å²) in [7, 11) is 3.20. The van der Waals surface area contributed by atoms with Gasteiger partial charge in [0.05, 0.1) is 14.2 Å². The van der Waals surface area contributed by atoms with Gasteiger partial charge in [-0.1, -0.05) is 0 Å². The zero-order valence-electron chi connectivity index (χ0n) is 18.6. The molecule has 8 heteroatoms. The first-order valence-corrected chi connectivity index (χ1v) is 10.7. The average molecular weight is 433 g/mol. The fourth-order valence-electron chi connectivity index (χ4n) is 3.96. The van der Waals surface area contributed by atoms with Crippen molar-refractivity contribution in [2.24, 2.45) is 5.92 Å². The van der Waals surface area contributed by atoms with Crippen molar-refractivity contribution in [1.29, 1.82) is 0 Å². The fourth-order valence-corrected chi connectivity index (χ4v) is 3.96. The number of amides is 2. The van der Waals surface area contributed by atoms with Gasteiger partial charge < -0.3 is 29.2 Å². The number of rotatable bonds is 8. The molecule has 1 N–H and O–H groups in total. The molecule has 0 spiro atoms. The standard InChI is InChI=1S/C23H32N2O6/c1-16-22(31-12-11-30-16)23(27)25-10-4-5-17(15-25)6-9-21(26)24-14-18-7-8-19(28-2)13-20(18)29-3/h7-8,13,17H,4-6,9-12,14-15H2,1-3H3,(H,24,26)/t17-/m0/s1. The fraction of sp³-hybridized carbons (Fsp3) is 0.565. The lowest BCUT2D eigenvalue weighted by Gasteiger charge is -2.34. The SMILES string of the molecule is COc1ccc(CNC(=O)CC[C@@H]2CCCN(C(=O)C3=C(C)OCCO3)C2)c(OC)c1. The van der Waals surface area contributed by atoms with Gasteiger partial charge in [-0.05, 0) is 44.2 Å². The number of methoxy groups -OCH3 is 2. The molecule has 1 fully saturated rings. The van der Waals surface area contributed by atoms with Crippen molar-refractivity contribution in [2.45, 2.75) is 39.2 Å². The Kier molecular flexibility index (Phi) is 8.03. The van der Waals surface area contributed by atoms with Crippen LogP contribution in [0.5, 0.6) is 11.5 Å². The van der Waals surface area contributed by atoms with E-state index in [1.165, 1.54) is 0 Å². The van der Waals surface area contributed by atoms with E-state index in [-0.39, 0.29) is 11.8 Å². The number of allylic oxidation sites excluding steroid dienone is 1. The molecule has 1 saturated heterocycles. The summed E-state index contributed by atoms with van der Waals surface area (Å²) < 4.78 is 21.5. The first-order chi connectivity index (χ1) is 15.0. The Labute approximate surface area is 183 Å². The summed E-state index contributed by atoms with van der Waals surface area (Å²) in [6.07, 6.45) is 3.10. The molecule has 170 valence electrons. The number of benzene rings is 1. The Bertz CT molecular complexity index is 822. The van der Waals surface area contributed by atoms with Gasteiger partial charge in [0.15, 0.2) is 0 Å². The van der Waals surface area contributed by atoms with Crippen molar-refractivity contribution in [1.82, 2.24) is 10.2 Å². The molecular weight excluding hydrogens is 400 g/mol. The molecule has 0 aromatic heterocycles. The summed E-state index contributed by atoms with van der Waals surface area (Å²) in [5.74, 6) is 2.43. The van der Waals surface area contributed by atoms with Crippen LogP contribution in [0.25, 0.3) is 0 Å². The number of ether oxygens (including phenoxy) is 4. The maximum atomic E-state index is 12.8. The number of hydrogen-bond acceptors (Lipinski definition) is 6. The zero-order valence-corrected chi connectivity index (χ0v) is 18.6. The summed E-state index contributed by atoms with van der Waals surface area (Å²) in [4.78, 5) is 27.0. The Morgan fingerprint density at radius 2 is 2.00 bits per heavy atom. The highest BCUT2D eigenvalue weighted by molar-refractivity contribution is 5.92. The molecule has 31 heavy (non-hydrogen) atoms. The number of hydrogen-bond donors (Lipinski definition) is 1. The van der Waals surface area contributed by atoms with E-state index in [9.17, 15) is 9.59 Å². The number of carbonyl (C=O) groups is 2. The molecule has 1 atom stereocenters. The van der Waals surface area contributed by atoms with E-state index in [1.807, 2.05) is 17.0 Å². The van der Waals surface area contributed by atoms with Crippen molar-refractivity contribution in [3.05, 3.63) is 35.3 Å². The van der Waals surface area contributed by atoms with E-state index in [0.29, 0.717) is 68.2 Å². The molecule has 2 aliphatic rings. The monoisotopic (exact) mass is 432 g/mol. The van der Waals surface area contributed by atoms with Crippen molar-refractivity contribution in [2.75, 3.05) is 40.5 Å². The third-order valence-corrected chi connectivity index (χ3v) is 5.72. The van der Waals surface area contributed by atoms with Crippen LogP contribution in [0, 0.1) is 5.92 Å². The average Bonchev–Trinajstić information content (AvgIpc) is 2.81. The van der Waals surface area contributed by atoms with Gasteiger partial charge in [0.1, 0.15) is 30.5 Å². The summed E-state index contributed by atoms with van der Waals surface area (Å²) in [5.41, 5.74) is 0.893. The molecule has 2 amide bonds. The second-order valence-electron chi connectivity index (χ2n) is 7.83. The summed E-state index contributed by atoms with van der Waals surface area (Å²) in [5, 5.41) is 2.96. The molecular formula is C23H32N2O6. The molecule has 0 unspecified atom stereocenters. The van der Waals surface area contributed by atoms with Gasteiger partial charge in [-0.3, -0.25) is 9.59 Å². The number of likely N-dealkylation sites (tertiary alicyclic amines) is 1. The minimum Gasteiger partial charge on any atom is -0.497 e. The Balaban J connectivity index is 1.46. The Morgan fingerprint density at radius 3 is 2.74 bits per heavy atom.